The minimum atomic E-state index is -0.288. The van der Waals surface area contributed by atoms with Gasteiger partial charge in [-0.25, -0.2) is 4.98 Å². The molecular weight excluding hydrogens is 291 g/mol. The van der Waals surface area contributed by atoms with Gasteiger partial charge in [0.25, 0.3) is 0 Å². The topological polar surface area (TPSA) is 80.0 Å². The molecule has 2 aromatic rings. The average molecular weight is 301 g/mol. The zero-order valence-corrected chi connectivity index (χ0v) is 11.2. The summed E-state index contributed by atoms with van der Waals surface area (Å²) in [5.41, 5.74) is 0.182. The molecule has 0 aliphatic rings. The van der Waals surface area contributed by atoms with Crippen LogP contribution in [0.3, 0.4) is 0 Å². The van der Waals surface area contributed by atoms with Crippen molar-refractivity contribution in [3.63, 3.8) is 0 Å². The fourth-order valence-electron chi connectivity index (χ4n) is 1.44. The van der Waals surface area contributed by atoms with Gasteiger partial charge in [0.05, 0.1) is 17.3 Å². The molecule has 1 heterocycles. The molecule has 2 rings (SSSR count). The van der Waals surface area contributed by atoms with Crippen LogP contribution in [0.2, 0.25) is 10.0 Å². The number of phenolic OH excluding ortho intramolecular Hbond substituents is 1. The van der Waals surface area contributed by atoms with Crippen molar-refractivity contribution >= 4 is 34.8 Å². The number of halogens is 2. The van der Waals surface area contributed by atoms with E-state index in [-0.39, 0.29) is 28.8 Å². The van der Waals surface area contributed by atoms with Gasteiger partial charge in [-0.3, -0.25) is 9.48 Å². The molecule has 1 amide bonds. The number of aromatic nitrogens is 3. The summed E-state index contributed by atoms with van der Waals surface area (Å²) in [5.74, 6) is -0.496. The lowest BCUT2D eigenvalue weighted by atomic mass is 10.2. The summed E-state index contributed by atoms with van der Waals surface area (Å²) in [6, 6.07) is 2.82. The van der Waals surface area contributed by atoms with Crippen molar-refractivity contribution in [2.75, 3.05) is 5.32 Å². The van der Waals surface area contributed by atoms with Crippen LogP contribution < -0.4 is 5.32 Å². The zero-order chi connectivity index (χ0) is 13.8. The summed E-state index contributed by atoms with van der Waals surface area (Å²) >= 11 is 11.5. The average Bonchev–Trinajstić information content (AvgIpc) is 2.86. The molecule has 0 saturated carbocycles. The van der Waals surface area contributed by atoms with Crippen LogP contribution >= 0.6 is 23.2 Å². The van der Waals surface area contributed by atoms with Crippen molar-refractivity contribution in [2.24, 2.45) is 0 Å². The Bertz CT molecular complexity index is 587. The molecule has 0 saturated heterocycles. The fraction of sp³-hybridized carbons (Fsp3) is 0.182. The number of hydrogen-bond acceptors (Lipinski definition) is 4. The Hall–Kier alpha value is -1.79. The van der Waals surface area contributed by atoms with Crippen LogP contribution in [-0.4, -0.2) is 25.8 Å². The second-order valence-corrected chi connectivity index (χ2v) is 4.58. The first-order valence-electron chi connectivity index (χ1n) is 5.36. The molecule has 0 radical (unpaired) electrons. The van der Waals surface area contributed by atoms with E-state index < -0.39 is 0 Å². The molecule has 100 valence electrons. The number of phenols is 1. The van der Waals surface area contributed by atoms with Crippen molar-refractivity contribution in [3.8, 4) is 5.75 Å². The molecule has 6 nitrogen and oxygen atoms in total. The highest BCUT2D eigenvalue weighted by atomic mass is 35.5. The first-order chi connectivity index (χ1) is 9.06. The van der Waals surface area contributed by atoms with Gasteiger partial charge in [0, 0.05) is 11.4 Å². The van der Waals surface area contributed by atoms with Gasteiger partial charge < -0.3 is 10.4 Å². The first kappa shape index (κ1) is 13.6. The summed E-state index contributed by atoms with van der Waals surface area (Å²) in [6.45, 7) is 0.390. The molecule has 0 atom stereocenters. The number of carbonyl (C=O) groups excluding carboxylic acids is 1. The number of nitrogens with zero attached hydrogens (tertiary/aromatic N) is 3. The smallest absolute Gasteiger partial charge is 0.226 e. The number of aryl methyl sites for hydroxylation is 1. The van der Waals surface area contributed by atoms with E-state index in [1.54, 1.807) is 0 Å². The molecule has 1 aromatic heterocycles. The van der Waals surface area contributed by atoms with Crippen molar-refractivity contribution in [3.05, 3.63) is 34.8 Å². The molecule has 1 aromatic carbocycles. The van der Waals surface area contributed by atoms with Crippen LogP contribution in [0.1, 0.15) is 6.42 Å². The second kappa shape index (κ2) is 5.90. The summed E-state index contributed by atoms with van der Waals surface area (Å²) < 4.78 is 1.53. The lowest BCUT2D eigenvalue weighted by molar-refractivity contribution is -0.116. The molecule has 0 aliphatic carbocycles. The summed E-state index contributed by atoms with van der Waals surface area (Å²) in [4.78, 5) is 15.5. The zero-order valence-electron chi connectivity index (χ0n) is 9.68. The van der Waals surface area contributed by atoms with Gasteiger partial charge >= 0.3 is 0 Å². The van der Waals surface area contributed by atoms with Gasteiger partial charge in [0.15, 0.2) is 5.75 Å². The largest absolute Gasteiger partial charge is 0.504 e. The number of amides is 1. The Balaban J connectivity index is 1.99. The Kier molecular flexibility index (Phi) is 4.24. The van der Waals surface area contributed by atoms with E-state index in [0.717, 1.165) is 0 Å². The van der Waals surface area contributed by atoms with Gasteiger partial charge in [0.2, 0.25) is 5.91 Å². The Morgan fingerprint density at radius 3 is 2.89 bits per heavy atom. The van der Waals surface area contributed by atoms with E-state index in [2.05, 4.69) is 15.4 Å². The first-order valence-corrected chi connectivity index (χ1v) is 6.12. The van der Waals surface area contributed by atoms with Crippen LogP contribution in [0, 0.1) is 0 Å². The third kappa shape index (κ3) is 3.59. The Morgan fingerprint density at radius 1 is 1.42 bits per heavy atom. The maximum absolute atomic E-state index is 11.7. The lowest BCUT2D eigenvalue weighted by Crippen LogP contribution is -2.14. The van der Waals surface area contributed by atoms with Crippen molar-refractivity contribution < 1.29 is 9.90 Å². The number of anilines is 1. The normalized spacial score (nSPS) is 10.4. The molecule has 0 fully saturated rings. The predicted molar refractivity (Wildman–Crippen MR) is 71.4 cm³/mol. The number of benzene rings is 1. The van der Waals surface area contributed by atoms with Crippen molar-refractivity contribution in [1.82, 2.24) is 14.8 Å². The molecule has 0 aliphatic heterocycles. The van der Waals surface area contributed by atoms with Crippen LogP contribution in [0.25, 0.3) is 0 Å². The van der Waals surface area contributed by atoms with Gasteiger partial charge in [0.1, 0.15) is 12.7 Å². The van der Waals surface area contributed by atoms with Gasteiger partial charge in [-0.1, -0.05) is 23.2 Å². The Labute approximate surface area is 119 Å². The van der Waals surface area contributed by atoms with Crippen LogP contribution in [0.4, 0.5) is 5.69 Å². The van der Waals surface area contributed by atoms with Crippen molar-refractivity contribution in [1.29, 1.82) is 0 Å². The van der Waals surface area contributed by atoms with E-state index in [0.29, 0.717) is 11.6 Å². The second-order valence-electron chi connectivity index (χ2n) is 3.74. The predicted octanol–water partition coefficient (Wildman–Crippen LogP) is 2.32. The fourth-order valence-corrected chi connectivity index (χ4v) is 1.93. The maximum atomic E-state index is 11.7. The van der Waals surface area contributed by atoms with Gasteiger partial charge in [-0.05, 0) is 12.1 Å². The van der Waals surface area contributed by atoms with E-state index in [9.17, 15) is 9.90 Å². The van der Waals surface area contributed by atoms with Gasteiger partial charge in [-0.2, -0.15) is 5.10 Å². The number of nitrogens with one attached hydrogen (secondary N) is 1. The van der Waals surface area contributed by atoms with Crippen LogP contribution in [-0.2, 0) is 11.3 Å². The molecule has 0 unspecified atom stereocenters. The molecular formula is C11H10Cl2N4O2. The van der Waals surface area contributed by atoms with E-state index in [1.165, 1.54) is 29.5 Å². The van der Waals surface area contributed by atoms with Crippen LogP contribution in [0.5, 0.6) is 5.75 Å². The van der Waals surface area contributed by atoms with Gasteiger partial charge in [-0.15, -0.1) is 0 Å². The molecule has 0 spiro atoms. The molecule has 8 heteroatoms. The highest BCUT2D eigenvalue weighted by Gasteiger charge is 2.11. The highest BCUT2D eigenvalue weighted by Crippen LogP contribution is 2.34. The van der Waals surface area contributed by atoms with Crippen molar-refractivity contribution in [2.45, 2.75) is 13.0 Å². The SMILES string of the molecule is O=C(CCn1cncn1)Nc1cc(Cl)cc(Cl)c1O. The van der Waals surface area contributed by atoms with Crippen LogP contribution in [0.15, 0.2) is 24.8 Å². The van der Waals surface area contributed by atoms with E-state index in [1.807, 2.05) is 0 Å². The molecule has 19 heavy (non-hydrogen) atoms. The number of rotatable bonds is 4. The maximum Gasteiger partial charge on any atom is 0.226 e. The summed E-state index contributed by atoms with van der Waals surface area (Å²) in [5, 5.41) is 16.5. The molecule has 2 N–H and O–H groups in total. The number of hydrogen-bond donors (Lipinski definition) is 2. The minimum absolute atomic E-state index is 0.0825. The Morgan fingerprint density at radius 2 is 2.21 bits per heavy atom. The number of carbonyl (C=O) groups is 1. The lowest BCUT2D eigenvalue weighted by Gasteiger charge is -2.09. The number of aromatic hydroxyl groups is 1. The minimum Gasteiger partial charge on any atom is -0.504 e. The third-order valence-electron chi connectivity index (χ3n) is 2.34. The monoisotopic (exact) mass is 300 g/mol. The highest BCUT2D eigenvalue weighted by molar-refractivity contribution is 6.36. The van der Waals surface area contributed by atoms with E-state index in [4.69, 9.17) is 23.2 Å². The molecule has 0 bridgehead atoms. The summed E-state index contributed by atoms with van der Waals surface area (Å²) in [7, 11) is 0. The summed E-state index contributed by atoms with van der Waals surface area (Å²) in [6.07, 6.45) is 3.09. The third-order valence-corrected chi connectivity index (χ3v) is 2.84. The van der Waals surface area contributed by atoms with E-state index >= 15 is 0 Å². The standard InChI is InChI=1S/C11H10Cl2N4O2/c12-7-3-8(13)11(19)9(4-7)16-10(18)1-2-17-6-14-5-15-17/h3-6,19H,1-2H2,(H,16,18). The quantitative estimate of drug-likeness (QED) is 0.849.